The number of ether oxygens (including phenoxy) is 3. The first-order valence-corrected chi connectivity index (χ1v) is 11.4. The van der Waals surface area contributed by atoms with E-state index in [1.54, 1.807) is 72.8 Å². The normalized spacial score (nSPS) is 10.5. The summed E-state index contributed by atoms with van der Waals surface area (Å²) in [6.45, 7) is 2.89. The van der Waals surface area contributed by atoms with Crippen LogP contribution in [0.1, 0.15) is 66.2 Å². The third kappa shape index (κ3) is 8.11. The van der Waals surface area contributed by atoms with Crippen molar-refractivity contribution in [1.82, 2.24) is 0 Å². The fourth-order valence-corrected chi connectivity index (χ4v) is 3.19. The third-order valence-electron chi connectivity index (χ3n) is 5.06. The van der Waals surface area contributed by atoms with Crippen molar-refractivity contribution in [3.8, 4) is 17.2 Å². The molecule has 0 saturated heterocycles. The van der Waals surface area contributed by atoms with E-state index < -0.39 is 11.9 Å². The van der Waals surface area contributed by atoms with Crippen molar-refractivity contribution in [2.45, 2.75) is 45.4 Å². The molecule has 0 bridgehead atoms. The second-order valence-electron chi connectivity index (χ2n) is 7.68. The average molecular weight is 446 g/mol. The van der Waals surface area contributed by atoms with E-state index in [1.807, 2.05) is 0 Å². The van der Waals surface area contributed by atoms with Crippen LogP contribution < -0.4 is 14.2 Å². The molecule has 5 nitrogen and oxygen atoms in total. The Morgan fingerprint density at radius 1 is 0.636 bits per heavy atom. The van der Waals surface area contributed by atoms with E-state index in [0.29, 0.717) is 29.2 Å². The number of rotatable bonds is 12. The fraction of sp³-hybridized carbons (Fsp3) is 0.286. The Hall–Kier alpha value is -3.60. The van der Waals surface area contributed by atoms with Crippen LogP contribution in [0.2, 0.25) is 0 Å². The topological polar surface area (TPSA) is 61.8 Å². The lowest BCUT2D eigenvalue weighted by molar-refractivity contribution is 0.0719. The Morgan fingerprint density at radius 2 is 1.12 bits per heavy atom. The number of hydrogen-bond acceptors (Lipinski definition) is 5. The average Bonchev–Trinajstić information content (AvgIpc) is 2.85. The molecule has 0 saturated carbocycles. The van der Waals surface area contributed by atoms with Gasteiger partial charge in [0.05, 0.1) is 17.7 Å². The molecule has 5 heteroatoms. The van der Waals surface area contributed by atoms with Gasteiger partial charge in [0.1, 0.15) is 17.2 Å². The molecule has 0 aromatic heterocycles. The van der Waals surface area contributed by atoms with Gasteiger partial charge in [-0.2, -0.15) is 0 Å². The van der Waals surface area contributed by atoms with Gasteiger partial charge in [-0.1, -0.05) is 51.2 Å². The summed E-state index contributed by atoms with van der Waals surface area (Å²) in [5, 5.41) is 0. The summed E-state index contributed by atoms with van der Waals surface area (Å²) >= 11 is 0. The summed E-state index contributed by atoms with van der Waals surface area (Å²) in [5.74, 6) is 0.523. The smallest absolute Gasteiger partial charge is 0.343 e. The Bertz CT molecular complexity index is 995. The highest BCUT2D eigenvalue weighted by molar-refractivity contribution is 5.91. The van der Waals surface area contributed by atoms with Crippen LogP contribution in [0.25, 0.3) is 0 Å². The van der Waals surface area contributed by atoms with E-state index in [1.165, 1.54) is 32.1 Å². The van der Waals surface area contributed by atoms with Gasteiger partial charge in [-0.15, -0.1) is 0 Å². The van der Waals surface area contributed by atoms with Gasteiger partial charge in [-0.3, -0.25) is 0 Å². The van der Waals surface area contributed by atoms with Gasteiger partial charge in [0, 0.05) is 0 Å². The number of hydrogen-bond donors (Lipinski definition) is 0. The molecule has 0 aliphatic heterocycles. The maximum Gasteiger partial charge on any atom is 0.343 e. The van der Waals surface area contributed by atoms with Crippen molar-refractivity contribution in [2.75, 3.05) is 6.61 Å². The lowest BCUT2D eigenvalue weighted by atomic mass is 10.1. The largest absolute Gasteiger partial charge is 0.494 e. The van der Waals surface area contributed by atoms with E-state index in [-0.39, 0.29) is 0 Å². The predicted octanol–water partition coefficient (Wildman–Crippen LogP) is 6.66. The second-order valence-corrected chi connectivity index (χ2v) is 7.68. The van der Waals surface area contributed by atoms with Gasteiger partial charge < -0.3 is 14.2 Å². The number of carbonyl (C=O) groups is 2. The van der Waals surface area contributed by atoms with Gasteiger partial charge in [0.15, 0.2) is 0 Å². The highest BCUT2D eigenvalue weighted by Gasteiger charge is 2.11. The third-order valence-corrected chi connectivity index (χ3v) is 5.06. The summed E-state index contributed by atoms with van der Waals surface area (Å²) in [6, 6.07) is 22.6. The summed E-state index contributed by atoms with van der Waals surface area (Å²) < 4.78 is 16.5. The summed E-state index contributed by atoms with van der Waals surface area (Å²) in [6.07, 6.45) is 7.28. The number of benzene rings is 3. The maximum atomic E-state index is 12.4. The van der Waals surface area contributed by atoms with Crippen LogP contribution in [0, 0.1) is 6.07 Å². The maximum absolute atomic E-state index is 12.4. The van der Waals surface area contributed by atoms with Crippen LogP contribution in [0.4, 0.5) is 0 Å². The van der Waals surface area contributed by atoms with Crippen molar-refractivity contribution < 1.29 is 23.8 Å². The van der Waals surface area contributed by atoms with Crippen molar-refractivity contribution in [3.05, 3.63) is 90.0 Å². The fourth-order valence-electron chi connectivity index (χ4n) is 3.19. The molecule has 0 amide bonds. The molecule has 171 valence electrons. The molecule has 0 aliphatic carbocycles. The van der Waals surface area contributed by atoms with Crippen molar-refractivity contribution >= 4 is 11.9 Å². The minimum atomic E-state index is -0.470. The molecule has 0 aliphatic rings. The molecule has 33 heavy (non-hydrogen) atoms. The molecule has 0 heterocycles. The SMILES string of the molecule is CCCCCCCCOc1ccc(C(=O)Oc2ccc(OC(=O)c3cc[c]cc3)cc2)cc1. The van der Waals surface area contributed by atoms with Gasteiger partial charge >= 0.3 is 11.9 Å². The standard InChI is InChI=1S/C28H29O5/c1-2-3-4-5-6-10-21-31-24-15-13-23(14-16-24)28(30)33-26-19-17-25(18-20-26)32-27(29)22-11-8-7-9-12-22/h8-9,11-20H,2-6,10,21H2,1H3. The molecule has 3 rings (SSSR count). The van der Waals surface area contributed by atoms with Crippen molar-refractivity contribution in [3.63, 3.8) is 0 Å². The molecular weight excluding hydrogens is 416 g/mol. The van der Waals surface area contributed by atoms with Gasteiger partial charge in [0.25, 0.3) is 0 Å². The summed E-state index contributed by atoms with van der Waals surface area (Å²) in [4.78, 5) is 24.5. The quantitative estimate of drug-likeness (QED) is 0.177. The number of esters is 2. The molecule has 0 unspecified atom stereocenters. The Morgan fingerprint density at radius 3 is 1.70 bits per heavy atom. The van der Waals surface area contributed by atoms with Crippen LogP contribution in [-0.2, 0) is 0 Å². The highest BCUT2D eigenvalue weighted by atomic mass is 16.5. The first kappa shape index (κ1) is 24.1. The van der Waals surface area contributed by atoms with Crippen LogP contribution in [0.15, 0.2) is 72.8 Å². The Labute approximate surface area is 195 Å². The molecule has 0 fully saturated rings. The van der Waals surface area contributed by atoms with Gasteiger partial charge in [-0.25, -0.2) is 9.59 Å². The lowest BCUT2D eigenvalue weighted by Crippen LogP contribution is -2.09. The number of carbonyl (C=O) groups excluding carboxylic acids is 2. The van der Waals surface area contributed by atoms with Gasteiger partial charge in [-0.05, 0) is 73.2 Å². The van der Waals surface area contributed by atoms with Crippen molar-refractivity contribution in [2.24, 2.45) is 0 Å². The molecular formula is C28H29O5. The summed E-state index contributed by atoms with van der Waals surface area (Å²) in [7, 11) is 0. The Balaban J connectivity index is 1.43. The minimum absolute atomic E-state index is 0.359. The monoisotopic (exact) mass is 445 g/mol. The van der Waals surface area contributed by atoms with Crippen LogP contribution in [0.5, 0.6) is 17.2 Å². The van der Waals surface area contributed by atoms with Crippen molar-refractivity contribution in [1.29, 1.82) is 0 Å². The molecule has 0 atom stereocenters. The van der Waals surface area contributed by atoms with E-state index >= 15 is 0 Å². The van der Waals surface area contributed by atoms with Crippen LogP contribution >= 0.6 is 0 Å². The zero-order chi connectivity index (χ0) is 23.3. The van der Waals surface area contributed by atoms with E-state index in [2.05, 4.69) is 13.0 Å². The molecule has 1 radical (unpaired) electrons. The van der Waals surface area contributed by atoms with Crippen LogP contribution in [-0.4, -0.2) is 18.5 Å². The predicted molar refractivity (Wildman–Crippen MR) is 127 cm³/mol. The zero-order valence-electron chi connectivity index (χ0n) is 18.9. The minimum Gasteiger partial charge on any atom is -0.494 e. The van der Waals surface area contributed by atoms with Gasteiger partial charge in [0.2, 0.25) is 0 Å². The molecule has 0 N–H and O–H groups in total. The first-order chi connectivity index (χ1) is 16.2. The second kappa shape index (κ2) is 13.1. The summed E-state index contributed by atoms with van der Waals surface area (Å²) in [5.41, 5.74) is 0.863. The molecule has 0 spiro atoms. The van der Waals surface area contributed by atoms with E-state index in [0.717, 1.165) is 12.2 Å². The zero-order valence-corrected chi connectivity index (χ0v) is 18.9. The number of unbranched alkanes of at least 4 members (excludes halogenated alkanes) is 5. The Kier molecular flexibility index (Phi) is 9.52. The van der Waals surface area contributed by atoms with E-state index in [9.17, 15) is 9.59 Å². The molecule has 3 aromatic rings. The molecule has 3 aromatic carbocycles. The van der Waals surface area contributed by atoms with E-state index in [4.69, 9.17) is 14.2 Å². The lowest BCUT2D eigenvalue weighted by Gasteiger charge is -2.08. The highest BCUT2D eigenvalue weighted by Crippen LogP contribution is 2.21. The van der Waals surface area contributed by atoms with Crippen LogP contribution in [0.3, 0.4) is 0 Å². The first-order valence-electron chi connectivity index (χ1n) is 11.4.